The summed E-state index contributed by atoms with van der Waals surface area (Å²) in [6.07, 6.45) is 1.38. The Morgan fingerprint density at radius 2 is 1.67 bits per heavy atom. The molecular weight excluding hydrogens is 436 g/mol. The Kier molecular flexibility index (Phi) is 5.44. The number of halogens is 3. The zero-order chi connectivity index (χ0) is 21.5. The first-order chi connectivity index (χ1) is 14.3. The number of pyridine rings is 1. The van der Waals surface area contributed by atoms with Gasteiger partial charge in [0.05, 0.1) is 0 Å². The van der Waals surface area contributed by atoms with E-state index in [-0.39, 0.29) is 42.6 Å². The number of amides is 1. The molecule has 2 aromatic carbocycles. The Bertz CT molecular complexity index is 1220. The Labute approximate surface area is 176 Å². The monoisotopic (exact) mass is 451 g/mol. The summed E-state index contributed by atoms with van der Waals surface area (Å²) in [5.41, 5.74) is 0.315. The zero-order valence-electron chi connectivity index (χ0n) is 15.6. The number of nitrogens with zero attached hydrogens (tertiary/aromatic N) is 3. The molecule has 10 heteroatoms. The summed E-state index contributed by atoms with van der Waals surface area (Å²) >= 11 is 5.89. The van der Waals surface area contributed by atoms with Crippen LogP contribution in [0.2, 0.25) is 5.15 Å². The lowest BCUT2D eigenvalue weighted by molar-refractivity contribution is 0.0697. The minimum Gasteiger partial charge on any atom is -0.336 e. The Balaban J connectivity index is 1.58. The van der Waals surface area contributed by atoms with Crippen molar-refractivity contribution >= 4 is 38.3 Å². The van der Waals surface area contributed by atoms with E-state index in [9.17, 15) is 22.0 Å². The van der Waals surface area contributed by atoms with Gasteiger partial charge in [0.2, 0.25) is 10.0 Å². The molecule has 1 aliphatic heterocycles. The maximum absolute atomic E-state index is 14.6. The fourth-order valence-corrected chi connectivity index (χ4v) is 5.26. The smallest absolute Gasteiger partial charge is 0.253 e. The van der Waals surface area contributed by atoms with Crippen LogP contribution in [0.3, 0.4) is 0 Å². The third-order valence-corrected chi connectivity index (χ3v) is 7.17. The molecule has 3 aromatic rings. The first-order valence-electron chi connectivity index (χ1n) is 9.06. The van der Waals surface area contributed by atoms with Gasteiger partial charge in [-0.15, -0.1) is 0 Å². The highest BCUT2D eigenvalue weighted by molar-refractivity contribution is 7.89. The highest BCUT2D eigenvalue weighted by Gasteiger charge is 2.33. The highest BCUT2D eigenvalue weighted by atomic mass is 35.5. The van der Waals surface area contributed by atoms with Crippen LogP contribution < -0.4 is 0 Å². The molecule has 30 heavy (non-hydrogen) atoms. The third-order valence-electron chi connectivity index (χ3n) is 4.99. The predicted molar refractivity (Wildman–Crippen MR) is 108 cm³/mol. The minimum atomic E-state index is -4.17. The standard InChI is InChI=1S/C20H16ClF2N3O3S/c21-18-11-16-14(12-24-18)3-6-17(23)19(16)30(28,29)26-9-7-25(8-10-26)20(27)13-1-4-15(22)5-2-13/h1-6,11-12H,7-10H2. The van der Waals surface area contributed by atoms with Crippen molar-refractivity contribution in [2.24, 2.45) is 0 Å². The average Bonchev–Trinajstić information content (AvgIpc) is 2.73. The molecule has 0 N–H and O–H groups in total. The molecular formula is C20H16ClF2N3O3S. The fourth-order valence-electron chi connectivity index (χ4n) is 3.44. The molecule has 0 bridgehead atoms. The van der Waals surface area contributed by atoms with Crippen LogP contribution in [0.4, 0.5) is 8.78 Å². The van der Waals surface area contributed by atoms with Crippen LogP contribution in [0.25, 0.3) is 10.8 Å². The van der Waals surface area contributed by atoms with Crippen LogP contribution in [0, 0.1) is 11.6 Å². The van der Waals surface area contributed by atoms with E-state index >= 15 is 0 Å². The van der Waals surface area contributed by atoms with Crippen molar-refractivity contribution in [3.05, 3.63) is 71.0 Å². The fraction of sp³-hybridized carbons (Fsp3) is 0.200. The lowest BCUT2D eigenvalue weighted by atomic mass is 10.2. The largest absolute Gasteiger partial charge is 0.336 e. The van der Waals surface area contributed by atoms with E-state index in [0.29, 0.717) is 10.9 Å². The van der Waals surface area contributed by atoms with Crippen LogP contribution in [-0.4, -0.2) is 54.7 Å². The number of hydrogen-bond donors (Lipinski definition) is 0. The van der Waals surface area contributed by atoms with Gasteiger partial charge in [0.15, 0.2) is 0 Å². The molecule has 0 atom stereocenters. The molecule has 1 aromatic heterocycles. The first kappa shape index (κ1) is 20.6. The van der Waals surface area contributed by atoms with Crippen LogP contribution in [-0.2, 0) is 10.0 Å². The second-order valence-corrected chi connectivity index (χ2v) is 9.07. The molecule has 6 nitrogen and oxygen atoms in total. The van der Waals surface area contributed by atoms with Crippen molar-refractivity contribution in [3.8, 4) is 0 Å². The van der Waals surface area contributed by atoms with Gasteiger partial charge >= 0.3 is 0 Å². The topological polar surface area (TPSA) is 70.6 Å². The number of piperazine rings is 1. The summed E-state index contributed by atoms with van der Waals surface area (Å²) in [4.78, 5) is 17.5. The summed E-state index contributed by atoms with van der Waals surface area (Å²) in [6.45, 7) is 0.266. The number of hydrogen-bond acceptors (Lipinski definition) is 4. The number of aromatic nitrogens is 1. The lowest BCUT2D eigenvalue weighted by Crippen LogP contribution is -2.50. The summed E-state index contributed by atoms with van der Waals surface area (Å²) in [5, 5.41) is 0.656. The van der Waals surface area contributed by atoms with Crippen molar-refractivity contribution in [1.29, 1.82) is 0 Å². The number of sulfonamides is 1. The van der Waals surface area contributed by atoms with E-state index in [2.05, 4.69) is 4.98 Å². The Hall–Kier alpha value is -2.62. The van der Waals surface area contributed by atoms with Gasteiger partial charge in [-0.3, -0.25) is 4.79 Å². The summed E-state index contributed by atoms with van der Waals surface area (Å²) in [7, 11) is -4.17. The van der Waals surface area contributed by atoms with Crippen molar-refractivity contribution < 1.29 is 22.0 Å². The van der Waals surface area contributed by atoms with E-state index in [1.807, 2.05) is 0 Å². The van der Waals surface area contributed by atoms with Crippen LogP contribution in [0.5, 0.6) is 0 Å². The van der Waals surface area contributed by atoms with Gasteiger partial charge < -0.3 is 4.90 Å². The predicted octanol–water partition coefficient (Wildman–Crippen LogP) is 3.31. The maximum Gasteiger partial charge on any atom is 0.253 e. The van der Waals surface area contributed by atoms with Crippen molar-refractivity contribution in [2.45, 2.75) is 4.90 Å². The molecule has 0 aliphatic carbocycles. The molecule has 0 unspecified atom stereocenters. The SMILES string of the molecule is O=C(c1ccc(F)cc1)N1CCN(S(=O)(=O)c2c(F)ccc3cnc(Cl)cc23)CC1. The molecule has 1 aliphatic rings. The van der Waals surface area contributed by atoms with Gasteiger partial charge in [-0.1, -0.05) is 11.6 Å². The number of carbonyl (C=O) groups is 1. The van der Waals surface area contributed by atoms with Gasteiger partial charge in [-0.2, -0.15) is 4.31 Å². The molecule has 156 valence electrons. The van der Waals surface area contributed by atoms with E-state index in [4.69, 9.17) is 11.6 Å². The molecule has 0 radical (unpaired) electrons. The lowest BCUT2D eigenvalue weighted by Gasteiger charge is -2.34. The molecule has 0 saturated carbocycles. The minimum absolute atomic E-state index is 0.00388. The van der Waals surface area contributed by atoms with Gasteiger partial charge in [0.1, 0.15) is 21.7 Å². The number of rotatable bonds is 3. The quantitative estimate of drug-likeness (QED) is 0.573. The molecule has 1 saturated heterocycles. The van der Waals surface area contributed by atoms with Crippen molar-refractivity contribution in [3.63, 3.8) is 0 Å². The highest BCUT2D eigenvalue weighted by Crippen LogP contribution is 2.30. The maximum atomic E-state index is 14.6. The second kappa shape index (κ2) is 7.90. The van der Waals surface area contributed by atoms with Gasteiger partial charge in [-0.25, -0.2) is 22.2 Å². The van der Waals surface area contributed by atoms with Crippen molar-refractivity contribution in [1.82, 2.24) is 14.2 Å². The molecule has 1 fully saturated rings. The van der Waals surface area contributed by atoms with E-state index < -0.39 is 26.6 Å². The van der Waals surface area contributed by atoms with E-state index in [1.165, 1.54) is 47.5 Å². The van der Waals surface area contributed by atoms with Crippen LogP contribution >= 0.6 is 11.6 Å². The van der Waals surface area contributed by atoms with E-state index in [0.717, 1.165) is 10.4 Å². The Morgan fingerprint density at radius 1 is 1.00 bits per heavy atom. The van der Waals surface area contributed by atoms with Gasteiger partial charge in [0, 0.05) is 48.7 Å². The number of fused-ring (bicyclic) bond motifs is 1. The summed E-state index contributed by atoms with van der Waals surface area (Å²) in [5.74, 6) is -1.65. The average molecular weight is 452 g/mol. The number of benzene rings is 2. The van der Waals surface area contributed by atoms with E-state index in [1.54, 1.807) is 0 Å². The van der Waals surface area contributed by atoms with Gasteiger partial charge in [-0.05, 0) is 42.5 Å². The molecule has 4 rings (SSSR count). The van der Waals surface area contributed by atoms with Crippen molar-refractivity contribution in [2.75, 3.05) is 26.2 Å². The van der Waals surface area contributed by atoms with Crippen LogP contribution in [0.15, 0.2) is 53.6 Å². The van der Waals surface area contributed by atoms with Crippen LogP contribution in [0.1, 0.15) is 10.4 Å². The molecule has 1 amide bonds. The third kappa shape index (κ3) is 3.76. The molecule has 2 heterocycles. The zero-order valence-corrected chi connectivity index (χ0v) is 17.1. The normalized spacial score (nSPS) is 15.5. The first-order valence-corrected chi connectivity index (χ1v) is 10.9. The van der Waals surface area contributed by atoms with Gasteiger partial charge in [0.25, 0.3) is 5.91 Å². The summed E-state index contributed by atoms with van der Waals surface area (Å²) in [6, 6.07) is 8.98. The summed E-state index contributed by atoms with van der Waals surface area (Å²) < 4.78 is 55.2. The Morgan fingerprint density at radius 3 is 2.33 bits per heavy atom. The molecule has 0 spiro atoms. The second-order valence-electron chi connectivity index (χ2n) is 6.81. The number of carbonyl (C=O) groups excluding carboxylic acids is 1.